The van der Waals surface area contributed by atoms with Crippen LogP contribution >= 0.6 is 0 Å². The SMILES string of the molecule is Fc1cc(F)c(NCc2cccc3c2NCC3)c(F)c1. The zero-order valence-corrected chi connectivity index (χ0v) is 10.6. The van der Waals surface area contributed by atoms with Crippen LogP contribution in [0.1, 0.15) is 11.1 Å². The van der Waals surface area contributed by atoms with Gasteiger partial charge in [0.1, 0.15) is 11.5 Å². The Morgan fingerprint density at radius 1 is 1.10 bits per heavy atom. The van der Waals surface area contributed by atoms with Gasteiger partial charge in [0.2, 0.25) is 0 Å². The summed E-state index contributed by atoms with van der Waals surface area (Å²) in [6.07, 6.45) is 0.947. The summed E-state index contributed by atoms with van der Waals surface area (Å²) in [5.41, 5.74) is 2.84. The van der Waals surface area contributed by atoms with Gasteiger partial charge < -0.3 is 10.6 Å². The Kier molecular flexibility index (Phi) is 3.26. The molecule has 1 heterocycles. The maximum Gasteiger partial charge on any atom is 0.152 e. The highest BCUT2D eigenvalue weighted by Crippen LogP contribution is 2.28. The third-order valence-corrected chi connectivity index (χ3v) is 3.40. The molecule has 0 spiro atoms. The van der Waals surface area contributed by atoms with Gasteiger partial charge in [-0.2, -0.15) is 0 Å². The van der Waals surface area contributed by atoms with Crippen LogP contribution in [0, 0.1) is 17.5 Å². The predicted octanol–water partition coefficient (Wildman–Crippen LogP) is 3.68. The second-order valence-corrected chi connectivity index (χ2v) is 4.73. The zero-order valence-electron chi connectivity index (χ0n) is 10.6. The molecular weight excluding hydrogens is 265 g/mol. The van der Waals surface area contributed by atoms with Crippen LogP contribution in [-0.2, 0) is 13.0 Å². The van der Waals surface area contributed by atoms with Crippen molar-refractivity contribution in [2.24, 2.45) is 0 Å². The lowest BCUT2D eigenvalue weighted by Gasteiger charge is -2.12. The van der Waals surface area contributed by atoms with Crippen LogP contribution in [0.15, 0.2) is 30.3 Å². The molecule has 2 aromatic rings. The monoisotopic (exact) mass is 278 g/mol. The van der Waals surface area contributed by atoms with Crippen molar-refractivity contribution in [1.29, 1.82) is 0 Å². The Bertz CT molecular complexity index is 633. The largest absolute Gasteiger partial charge is 0.384 e. The molecule has 0 aliphatic carbocycles. The molecular formula is C15H13F3N2. The summed E-state index contributed by atoms with van der Waals surface area (Å²) in [6, 6.07) is 7.17. The molecule has 104 valence electrons. The number of nitrogens with one attached hydrogen (secondary N) is 2. The van der Waals surface area contributed by atoms with Gasteiger partial charge in [-0.3, -0.25) is 0 Å². The molecule has 0 radical (unpaired) electrons. The maximum absolute atomic E-state index is 13.5. The number of anilines is 2. The van der Waals surface area contributed by atoms with Gasteiger partial charge in [-0.25, -0.2) is 13.2 Å². The fourth-order valence-electron chi connectivity index (χ4n) is 2.45. The van der Waals surface area contributed by atoms with Crippen molar-refractivity contribution in [1.82, 2.24) is 0 Å². The molecule has 0 atom stereocenters. The number of halogens is 3. The maximum atomic E-state index is 13.5. The Balaban J connectivity index is 1.83. The van der Waals surface area contributed by atoms with E-state index < -0.39 is 17.5 Å². The predicted molar refractivity (Wildman–Crippen MR) is 72.3 cm³/mol. The number of rotatable bonds is 3. The molecule has 2 aromatic carbocycles. The van der Waals surface area contributed by atoms with Crippen LogP contribution in [0.2, 0.25) is 0 Å². The highest BCUT2D eigenvalue weighted by atomic mass is 19.1. The van der Waals surface area contributed by atoms with E-state index in [1.54, 1.807) is 0 Å². The lowest BCUT2D eigenvalue weighted by molar-refractivity contribution is 0.547. The second kappa shape index (κ2) is 5.07. The molecule has 5 heteroatoms. The van der Waals surface area contributed by atoms with Crippen molar-refractivity contribution in [2.75, 3.05) is 17.2 Å². The van der Waals surface area contributed by atoms with Crippen molar-refractivity contribution in [2.45, 2.75) is 13.0 Å². The van der Waals surface area contributed by atoms with Gasteiger partial charge in [-0.05, 0) is 17.5 Å². The topological polar surface area (TPSA) is 24.1 Å². The first kappa shape index (κ1) is 12.8. The van der Waals surface area contributed by atoms with Gasteiger partial charge in [-0.15, -0.1) is 0 Å². The van der Waals surface area contributed by atoms with E-state index in [4.69, 9.17) is 0 Å². The van der Waals surface area contributed by atoms with Crippen molar-refractivity contribution in [3.8, 4) is 0 Å². The van der Waals surface area contributed by atoms with Crippen LogP contribution in [0.3, 0.4) is 0 Å². The number of hydrogen-bond acceptors (Lipinski definition) is 2. The van der Waals surface area contributed by atoms with Gasteiger partial charge >= 0.3 is 0 Å². The number of para-hydroxylation sites is 1. The van der Waals surface area contributed by atoms with Gasteiger partial charge in [0, 0.05) is 30.9 Å². The van der Waals surface area contributed by atoms with Crippen LogP contribution in [0.4, 0.5) is 24.5 Å². The number of hydrogen-bond donors (Lipinski definition) is 2. The van der Waals surface area contributed by atoms with E-state index in [1.165, 1.54) is 5.56 Å². The molecule has 0 fully saturated rings. The Labute approximate surface area is 114 Å². The Hall–Kier alpha value is -2.17. The minimum absolute atomic E-state index is 0.273. The molecule has 0 saturated carbocycles. The van der Waals surface area contributed by atoms with E-state index in [2.05, 4.69) is 10.6 Å². The molecule has 1 aliphatic heterocycles. The van der Waals surface area contributed by atoms with Crippen molar-refractivity contribution < 1.29 is 13.2 Å². The fraction of sp³-hybridized carbons (Fsp3) is 0.200. The van der Waals surface area contributed by atoms with Gasteiger partial charge in [0.25, 0.3) is 0 Å². The van der Waals surface area contributed by atoms with Crippen LogP contribution in [0.25, 0.3) is 0 Å². The molecule has 0 unspecified atom stereocenters. The lowest BCUT2D eigenvalue weighted by atomic mass is 10.1. The second-order valence-electron chi connectivity index (χ2n) is 4.73. The summed E-state index contributed by atoms with van der Waals surface area (Å²) >= 11 is 0. The van der Waals surface area contributed by atoms with E-state index in [-0.39, 0.29) is 12.2 Å². The molecule has 1 aliphatic rings. The summed E-state index contributed by atoms with van der Waals surface area (Å²) in [5, 5.41) is 5.95. The zero-order chi connectivity index (χ0) is 14.1. The average Bonchev–Trinajstić information content (AvgIpc) is 2.86. The normalized spacial score (nSPS) is 12.9. The molecule has 3 rings (SSSR count). The minimum atomic E-state index is -0.928. The van der Waals surface area contributed by atoms with Gasteiger partial charge in [0.05, 0.1) is 0 Å². The van der Waals surface area contributed by atoms with Crippen LogP contribution < -0.4 is 10.6 Å². The molecule has 2 nitrogen and oxygen atoms in total. The van der Waals surface area contributed by atoms with Crippen molar-refractivity contribution in [3.05, 3.63) is 58.9 Å². The summed E-state index contributed by atoms with van der Waals surface area (Å²) in [5.74, 6) is -2.78. The van der Waals surface area contributed by atoms with Crippen LogP contribution in [-0.4, -0.2) is 6.54 Å². The smallest absolute Gasteiger partial charge is 0.152 e. The fourth-order valence-corrected chi connectivity index (χ4v) is 2.45. The van der Waals surface area contributed by atoms with E-state index >= 15 is 0 Å². The summed E-state index contributed by atoms with van der Waals surface area (Å²) < 4.78 is 39.9. The summed E-state index contributed by atoms with van der Waals surface area (Å²) in [6.45, 7) is 1.14. The minimum Gasteiger partial charge on any atom is -0.384 e. The Morgan fingerprint density at radius 3 is 2.60 bits per heavy atom. The lowest BCUT2D eigenvalue weighted by Crippen LogP contribution is -2.06. The molecule has 20 heavy (non-hydrogen) atoms. The van der Waals surface area contributed by atoms with Crippen LogP contribution in [0.5, 0.6) is 0 Å². The van der Waals surface area contributed by atoms with Gasteiger partial charge in [0.15, 0.2) is 11.6 Å². The highest BCUT2D eigenvalue weighted by Gasteiger charge is 2.15. The van der Waals surface area contributed by atoms with Gasteiger partial charge in [-0.1, -0.05) is 18.2 Å². The first-order valence-corrected chi connectivity index (χ1v) is 6.38. The first-order valence-electron chi connectivity index (χ1n) is 6.38. The molecule has 2 N–H and O–H groups in total. The van der Waals surface area contributed by atoms with Crippen molar-refractivity contribution in [3.63, 3.8) is 0 Å². The summed E-state index contributed by atoms with van der Waals surface area (Å²) in [4.78, 5) is 0. The molecule has 0 bridgehead atoms. The number of fused-ring (bicyclic) bond motifs is 1. The third-order valence-electron chi connectivity index (χ3n) is 3.40. The third kappa shape index (κ3) is 2.31. The van der Waals surface area contributed by atoms with Crippen molar-refractivity contribution >= 4 is 11.4 Å². The van der Waals surface area contributed by atoms with E-state index in [9.17, 15) is 13.2 Å². The quantitative estimate of drug-likeness (QED) is 0.895. The Morgan fingerprint density at radius 2 is 1.85 bits per heavy atom. The molecule has 0 saturated heterocycles. The van der Waals surface area contributed by atoms with E-state index in [0.29, 0.717) is 12.1 Å². The average molecular weight is 278 g/mol. The standard InChI is InChI=1S/C15H13F3N2/c16-11-6-12(17)15(13(18)7-11)20-8-10-3-1-2-9-4-5-19-14(9)10/h1-3,6-7,19-20H,4-5,8H2. The molecule has 0 aromatic heterocycles. The highest BCUT2D eigenvalue weighted by molar-refractivity contribution is 5.62. The molecule has 0 amide bonds. The first-order chi connectivity index (χ1) is 9.65. The van der Waals surface area contributed by atoms with E-state index in [1.807, 2.05) is 18.2 Å². The summed E-state index contributed by atoms with van der Waals surface area (Å²) in [7, 11) is 0. The van der Waals surface area contributed by atoms with E-state index in [0.717, 1.165) is 24.2 Å². The number of benzene rings is 2.